The second kappa shape index (κ2) is 6.68. The second-order valence-electron chi connectivity index (χ2n) is 2.38. The molecule has 0 aliphatic rings. The Bertz CT molecular complexity index is 279. The third kappa shape index (κ3) is 7.21. The number of esters is 1. The van der Waals surface area contributed by atoms with Crippen molar-refractivity contribution in [2.24, 2.45) is 0 Å². The zero-order valence-corrected chi connectivity index (χ0v) is 9.04. The smallest absolute Gasteiger partial charge is 0.460 e. The SMILES string of the molecule is C=C(F)C(=O)OCCCOP(=O)(O)OC. The summed E-state index contributed by atoms with van der Waals surface area (Å²) in [6.45, 7) is 2.45. The summed E-state index contributed by atoms with van der Waals surface area (Å²) in [5.41, 5.74) is 0. The van der Waals surface area contributed by atoms with Crippen LogP contribution >= 0.6 is 7.82 Å². The van der Waals surface area contributed by atoms with Crippen LogP contribution in [0.15, 0.2) is 12.4 Å². The third-order valence-corrected chi connectivity index (χ3v) is 2.20. The molecule has 8 heteroatoms. The topological polar surface area (TPSA) is 82.1 Å². The number of hydrogen-bond acceptors (Lipinski definition) is 5. The molecule has 1 N–H and O–H groups in total. The van der Waals surface area contributed by atoms with E-state index >= 15 is 0 Å². The van der Waals surface area contributed by atoms with E-state index in [1.807, 2.05) is 0 Å². The predicted octanol–water partition coefficient (Wildman–Crippen LogP) is 1.17. The molecule has 0 radical (unpaired) electrons. The van der Waals surface area contributed by atoms with Gasteiger partial charge in [0.05, 0.1) is 13.2 Å². The van der Waals surface area contributed by atoms with Gasteiger partial charge in [-0.1, -0.05) is 6.58 Å². The van der Waals surface area contributed by atoms with Gasteiger partial charge in [0.1, 0.15) is 0 Å². The molecule has 0 aromatic rings. The highest BCUT2D eigenvalue weighted by atomic mass is 31.2. The van der Waals surface area contributed by atoms with Gasteiger partial charge in [-0.15, -0.1) is 0 Å². The first-order valence-electron chi connectivity index (χ1n) is 3.93. The van der Waals surface area contributed by atoms with Crippen LogP contribution in [0.5, 0.6) is 0 Å². The van der Waals surface area contributed by atoms with Crippen molar-refractivity contribution >= 4 is 13.8 Å². The molecule has 0 saturated heterocycles. The maximum Gasteiger partial charge on any atom is 0.471 e. The molecule has 0 fully saturated rings. The Balaban J connectivity index is 3.53. The van der Waals surface area contributed by atoms with Crippen molar-refractivity contribution in [1.82, 2.24) is 0 Å². The van der Waals surface area contributed by atoms with Crippen molar-refractivity contribution in [1.29, 1.82) is 0 Å². The quantitative estimate of drug-likeness (QED) is 0.312. The lowest BCUT2D eigenvalue weighted by atomic mass is 10.5. The zero-order valence-electron chi connectivity index (χ0n) is 8.14. The fourth-order valence-electron chi connectivity index (χ4n) is 0.535. The van der Waals surface area contributed by atoms with Crippen LogP contribution in [0.1, 0.15) is 6.42 Å². The highest BCUT2D eigenvalue weighted by molar-refractivity contribution is 7.47. The molecule has 0 aliphatic carbocycles. The first-order chi connectivity index (χ1) is 6.89. The van der Waals surface area contributed by atoms with Crippen LogP contribution in [-0.2, 0) is 23.1 Å². The van der Waals surface area contributed by atoms with E-state index in [2.05, 4.69) is 20.4 Å². The summed E-state index contributed by atoms with van der Waals surface area (Å²) in [4.78, 5) is 19.2. The lowest BCUT2D eigenvalue weighted by Gasteiger charge is -2.08. The molecule has 6 nitrogen and oxygen atoms in total. The summed E-state index contributed by atoms with van der Waals surface area (Å²) in [7, 11) is -2.97. The van der Waals surface area contributed by atoms with E-state index in [1.165, 1.54) is 0 Å². The largest absolute Gasteiger partial charge is 0.471 e. The summed E-state index contributed by atoms with van der Waals surface area (Å²) in [6.07, 6.45) is 0.146. The fourth-order valence-corrected chi connectivity index (χ4v) is 1.000. The molecule has 0 aromatic carbocycles. The highest BCUT2D eigenvalue weighted by Gasteiger charge is 2.17. The number of ether oxygens (including phenoxy) is 1. The van der Waals surface area contributed by atoms with E-state index < -0.39 is 19.6 Å². The van der Waals surface area contributed by atoms with Crippen LogP contribution in [0.3, 0.4) is 0 Å². The third-order valence-electron chi connectivity index (χ3n) is 1.23. The van der Waals surface area contributed by atoms with Crippen LogP contribution in [0.25, 0.3) is 0 Å². The molecule has 88 valence electrons. The van der Waals surface area contributed by atoms with Gasteiger partial charge < -0.3 is 9.63 Å². The zero-order chi connectivity index (χ0) is 11.9. The standard InChI is InChI=1S/C7H12FO6P/c1-6(8)7(9)13-4-3-5-14-15(10,11)12-2/h1,3-5H2,2H3,(H,10,11). The van der Waals surface area contributed by atoms with E-state index in [4.69, 9.17) is 4.89 Å². The van der Waals surface area contributed by atoms with Gasteiger partial charge in [-0.25, -0.2) is 9.36 Å². The van der Waals surface area contributed by atoms with Gasteiger partial charge in [-0.05, 0) is 0 Å². The minimum Gasteiger partial charge on any atom is -0.460 e. The molecule has 0 amide bonds. The maximum absolute atomic E-state index is 12.0. The fraction of sp³-hybridized carbons (Fsp3) is 0.571. The first kappa shape index (κ1) is 14.2. The number of halogens is 1. The van der Waals surface area contributed by atoms with E-state index in [9.17, 15) is 13.8 Å². The summed E-state index contributed by atoms with van der Waals surface area (Å²) < 4.78 is 35.6. The van der Waals surface area contributed by atoms with Crippen molar-refractivity contribution < 1.29 is 32.4 Å². The van der Waals surface area contributed by atoms with E-state index in [0.29, 0.717) is 0 Å². The minimum atomic E-state index is -3.99. The summed E-state index contributed by atoms with van der Waals surface area (Å²) in [5.74, 6) is -2.35. The number of phosphoric acid groups is 1. The maximum atomic E-state index is 12.0. The molecule has 1 unspecified atom stereocenters. The number of carbonyl (C=O) groups is 1. The van der Waals surface area contributed by atoms with Crippen LogP contribution in [0, 0.1) is 0 Å². The van der Waals surface area contributed by atoms with Crippen LogP contribution in [0.4, 0.5) is 4.39 Å². The van der Waals surface area contributed by atoms with Crippen molar-refractivity contribution in [3.63, 3.8) is 0 Å². The molecule has 0 aromatic heterocycles. The summed E-state index contributed by atoms with van der Waals surface area (Å²) in [6, 6.07) is 0. The minimum absolute atomic E-state index is 0.133. The van der Waals surface area contributed by atoms with Crippen LogP contribution in [-0.4, -0.2) is 31.2 Å². The lowest BCUT2D eigenvalue weighted by Crippen LogP contribution is -2.07. The molecule has 0 rings (SSSR count). The molecular formula is C7H12FO6P. The Morgan fingerprint density at radius 1 is 1.53 bits per heavy atom. The molecule has 0 spiro atoms. The first-order valence-corrected chi connectivity index (χ1v) is 5.43. The van der Waals surface area contributed by atoms with Gasteiger partial charge in [0.2, 0.25) is 5.83 Å². The number of hydrogen-bond donors (Lipinski definition) is 1. The van der Waals surface area contributed by atoms with Crippen LogP contribution in [0.2, 0.25) is 0 Å². The van der Waals surface area contributed by atoms with Gasteiger partial charge >= 0.3 is 13.8 Å². The number of rotatable bonds is 7. The summed E-state index contributed by atoms with van der Waals surface area (Å²) >= 11 is 0. The van der Waals surface area contributed by atoms with Crippen molar-refractivity contribution in [3.05, 3.63) is 12.4 Å². The predicted molar refractivity (Wildman–Crippen MR) is 48.6 cm³/mol. The van der Waals surface area contributed by atoms with Gasteiger partial charge in [0, 0.05) is 13.5 Å². The van der Waals surface area contributed by atoms with Crippen molar-refractivity contribution in [3.8, 4) is 0 Å². The van der Waals surface area contributed by atoms with Gasteiger partial charge in [0.15, 0.2) is 0 Å². The van der Waals surface area contributed by atoms with Gasteiger partial charge in [-0.3, -0.25) is 9.05 Å². The number of phosphoric ester groups is 1. The second-order valence-corrected chi connectivity index (χ2v) is 3.94. The molecule has 1 atom stereocenters. The summed E-state index contributed by atoms with van der Waals surface area (Å²) in [5, 5.41) is 0. The molecule has 0 aliphatic heterocycles. The van der Waals surface area contributed by atoms with Crippen molar-refractivity contribution in [2.75, 3.05) is 20.3 Å². The molecule has 0 heterocycles. The Labute approximate surface area is 86.3 Å². The highest BCUT2D eigenvalue weighted by Crippen LogP contribution is 2.41. The van der Waals surface area contributed by atoms with Gasteiger partial charge in [-0.2, -0.15) is 4.39 Å². The average Bonchev–Trinajstić information content (AvgIpc) is 2.16. The average molecular weight is 242 g/mol. The van der Waals surface area contributed by atoms with E-state index in [1.54, 1.807) is 0 Å². The normalized spacial score (nSPS) is 14.3. The number of carbonyl (C=O) groups excluding carboxylic acids is 1. The molecule has 0 saturated carbocycles. The monoisotopic (exact) mass is 242 g/mol. The molecule has 0 bridgehead atoms. The van der Waals surface area contributed by atoms with Crippen molar-refractivity contribution in [2.45, 2.75) is 6.42 Å². The Morgan fingerprint density at radius 3 is 2.60 bits per heavy atom. The van der Waals surface area contributed by atoms with Crippen LogP contribution < -0.4 is 0 Å². The Hall–Kier alpha value is -0.750. The van der Waals surface area contributed by atoms with Gasteiger partial charge in [0.25, 0.3) is 0 Å². The van der Waals surface area contributed by atoms with E-state index in [0.717, 1.165) is 7.11 Å². The van der Waals surface area contributed by atoms with E-state index in [-0.39, 0.29) is 19.6 Å². The lowest BCUT2D eigenvalue weighted by molar-refractivity contribution is -0.140. The molecule has 15 heavy (non-hydrogen) atoms. The Kier molecular flexibility index (Phi) is 6.35. The Morgan fingerprint density at radius 2 is 2.13 bits per heavy atom. The molecular weight excluding hydrogens is 230 g/mol.